The fourth-order valence-electron chi connectivity index (χ4n) is 3.15. The summed E-state index contributed by atoms with van der Waals surface area (Å²) in [7, 11) is 0. The minimum atomic E-state index is -4.58. The van der Waals surface area contributed by atoms with Crippen molar-refractivity contribution in [2.75, 3.05) is 19.7 Å². The molecule has 0 bridgehead atoms. The lowest BCUT2D eigenvalue weighted by Gasteiger charge is -2.29. The number of hydrogen-bond acceptors (Lipinski definition) is 3. The summed E-state index contributed by atoms with van der Waals surface area (Å²) in [6.45, 7) is -0.0356. The molecule has 0 saturated carbocycles. The molecule has 1 aliphatic rings. The zero-order chi connectivity index (χ0) is 20.1. The summed E-state index contributed by atoms with van der Waals surface area (Å²) in [6, 6.07) is 13.3. The van der Waals surface area contributed by atoms with E-state index in [1.54, 1.807) is 12.1 Å². The van der Waals surface area contributed by atoms with Gasteiger partial charge in [0.15, 0.2) is 6.61 Å². The predicted octanol–water partition coefficient (Wildman–Crippen LogP) is 3.17. The number of para-hydroxylation sites is 1. The Morgan fingerprint density at radius 1 is 1.11 bits per heavy atom. The van der Waals surface area contributed by atoms with Crippen molar-refractivity contribution in [2.24, 2.45) is 0 Å². The molecule has 2 aromatic rings. The van der Waals surface area contributed by atoms with Crippen molar-refractivity contribution in [2.45, 2.75) is 18.6 Å². The van der Waals surface area contributed by atoms with Crippen LogP contribution in [-0.4, -0.2) is 36.4 Å². The molecule has 1 atom stereocenters. The first-order chi connectivity index (χ1) is 13.4. The topological polar surface area (TPSA) is 58.6 Å². The fraction of sp³-hybridized carbons (Fsp3) is 0.300. The smallest absolute Gasteiger partial charge is 0.419 e. The maximum absolute atomic E-state index is 13.1. The van der Waals surface area contributed by atoms with Crippen LogP contribution in [0.15, 0.2) is 54.6 Å². The predicted molar refractivity (Wildman–Crippen MR) is 95.5 cm³/mol. The summed E-state index contributed by atoms with van der Waals surface area (Å²) in [5.74, 6) is -1.07. The number of benzene rings is 2. The van der Waals surface area contributed by atoms with Gasteiger partial charge < -0.3 is 15.0 Å². The van der Waals surface area contributed by atoms with E-state index in [2.05, 4.69) is 5.32 Å². The first-order valence-corrected chi connectivity index (χ1v) is 8.76. The highest BCUT2D eigenvalue weighted by Crippen LogP contribution is 2.36. The molecule has 0 unspecified atom stereocenters. The number of alkyl halides is 3. The summed E-state index contributed by atoms with van der Waals surface area (Å²) < 4.78 is 44.5. The number of nitrogens with zero attached hydrogens (tertiary/aromatic N) is 1. The van der Waals surface area contributed by atoms with Crippen LogP contribution < -0.4 is 10.1 Å². The molecule has 0 spiro atoms. The zero-order valence-electron chi connectivity index (χ0n) is 14.9. The minimum Gasteiger partial charge on any atom is -0.483 e. The highest BCUT2D eigenvalue weighted by atomic mass is 19.4. The largest absolute Gasteiger partial charge is 0.483 e. The van der Waals surface area contributed by atoms with Crippen LogP contribution in [0.3, 0.4) is 0 Å². The standard InChI is InChI=1S/C20H19F3N2O3/c21-20(22,23)15-8-4-5-9-17(15)28-13-19(27)25-11-10-24-18(26)12-16(25)14-6-2-1-3-7-14/h1-9,16H,10-13H2,(H,24,26)/t16-/m1/s1. The maximum atomic E-state index is 13.1. The van der Waals surface area contributed by atoms with Crippen LogP contribution in [0.5, 0.6) is 5.75 Å². The van der Waals surface area contributed by atoms with Gasteiger partial charge in [-0.15, -0.1) is 0 Å². The number of carbonyl (C=O) groups excluding carboxylic acids is 2. The number of hydrogen-bond donors (Lipinski definition) is 1. The molecule has 0 aromatic heterocycles. The van der Waals surface area contributed by atoms with Gasteiger partial charge in [0.1, 0.15) is 5.75 Å². The van der Waals surface area contributed by atoms with E-state index in [-0.39, 0.29) is 25.4 Å². The molecular formula is C20H19F3N2O3. The minimum absolute atomic E-state index is 0.0783. The fourth-order valence-corrected chi connectivity index (χ4v) is 3.15. The van der Waals surface area contributed by atoms with Crippen LogP contribution in [0, 0.1) is 0 Å². The van der Waals surface area contributed by atoms with Crippen molar-refractivity contribution in [1.82, 2.24) is 10.2 Å². The third kappa shape index (κ3) is 4.62. The van der Waals surface area contributed by atoms with Gasteiger partial charge >= 0.3 is 6.18 Å². The lowest BCUT2D eigenvalue weighted by atomic mass is 10.0. The molecule has 0 radical (unpaired) electrons. The Labute approximate surface area is 160 Å². The van der Waals surface area contributed by atoms with E-state index in [0.29, 0.717) is 0 Å². The SMILES string of the molecule is O=C1C[C@H](c2ccccc2)N(C(=O)COc2ccccc2C(F)(F)F)CCN1. The molecule has 8 heteroatoms. The molecule has 1 fully saturated rings. The number of halogens is 3. The number of rotatable bonds is 4. The summed E-state index contributed by atoms with van der Waals surface area (Å²) >= 11 is 0. The summed E-state index contributed by atoms with van der Waals surface area (Å²) in [4.78, 5) is 26.2. The van der Waals surface area contributed by atoms with Crippen molar-refractivity contribution in [3.05, 3.63) is 65.7 Å². The molecule has 1 saturated heterocycles. The second kappa shape index (κ2) is 8.33. The molecule has 2 amide bonds. The molecule has 3 rings (SSSR count). The average Bonchev–Trinajstić information content (AvgIpc) is 2.88. The molecule has 1 heterocycles. The quantitative estimate of drug-likeness (QED) is 0.870. The number of nitrogens with one attached hydrogen (secondary N) is 1. The highest BCUT2D eigenvalue weighted by Gasteiger charge is 2.35. The van der Waals surface area contributed by atoms with Crippen LogP contribution in [-0.2, 0) is 15.8 Å². The van der Waals surface area contributed by atoms with E-state index < -0.39 is 36.0 Å². The lowest BCUT2D eigenvalue weighted by molar-refractivity contribution is -0.141. The zero-order valence-corrected chi connectivity index (χ0v) is 14.9. The van der Waals surface area contributed by atoms with Crippen molar-refractivity contribution in [3.63, 3.8) is 0 Å². The molecular weight excluding hydrogens is 373 g/mol. The van der Waals surface area contributed by atoms with E-state index in [0.717, 1.165) is 11.6 Å². The first kappa shape index (κ1) is 19.7. The van der Waals surface area contributed by atoms with Crippen LogP contribution >= 0.6 is 0 Å². The average molecular weight is 392 g/mol. The maximum Gasteiger partial charge on any atom is 0.419 e. The van der Waals surface area contributed by atoms with E-state index in [9.17, 15) is 22.8 Å². The van der Waals surface area contributed by atoms with Crippen LogP contribution in [0.25, 0.3) is 0 Å². The van der Waals surface area contributed by atoms with Gasteiger partial charge in [-0.2, -0.15) is 13.2 Å². The van der Waals surface area contributed by atoms with E-state index in [4.69, 9.17) is 4.74 Å². The molecule has 2 aromatic carbocycles. The van der Waals surface area contributed by atoms with Gasteiger partial charge in [0.25, 0.3) is 5.91 Å². The van der Waals surface area contributed by atoms with Gasteiger partial charge in [0.05, 0.1) is 18.0 Å². The molecule has 28 heavy (non-hydrogen) atoms. The Bertz CT molecular complexity index is 840. The Balaban J connectivity index is 1.78. The van der Waals surface area contributed by atoms with Gasteiger partial charge in [-0.25, -0.2) is 0 Å². The Morgan fingerprint density at radius 2 is 1.79 bits per heavy atom. The van der Waals surface area contributed by atoms with Crippen molar-refractivity contribution in [1.29, 1.82) is 0 Å². The third-order valence-electron chi connectivity index (χ3n) is 4.48. The Hall–Kier alpha value is -3.03. The third-order valence-corrected chi connectivity index (χ3v) is 4.48. The lowest BCUT2D eigenvalue weighted by Crippen LogP contribution is -2.39. The van der Waals surface area contributed by atoms with E-state index >= 15 is 0 Å². The van der Waals surface area contributed by atoms with Crippen LogP contribution in [0.2, 0.25) is 0 Å². The monoisotopic (exact) mass is 392 g/mol. The molecule has 5 nitrogen and oxygen atoms in total. The van der Waals surface area contributed by atoms with Crippen LogP contribution in [0.1, 0.15) is 23.6 Å². The van der Waals surface area contributed by atoms with Crippen molar-refractivity contribution in [3.8, 4) is 5.75 Å². The van der Waals surface area contributed by atoms with Crippen molar-refractivity contribution >= 4 is 11.8 Å². The second-order valence-electron chi connectivity index (χ2n) is 6.35. The number of ether oxygens (including phenoxy) is 1. The normalized spacial score (nSPS) is 17.6. The first-order valence-electron chi connectivity index (χ1n) is 8.76. The molecule has 1 aliphatic heterocycles. The second-order valence-corrected chi connectivity index (χ2v) is 6.35. The van der Waals surface area contributed by atoms with Gasteiger partial charge in [-0.3, -0.25) is 9.59 Å². The Morgan fingerprint density at radius 3 is 2.50 bits per heavy atom. The Kier molecular flexibility index (Phi) is 5.87. The molecule has 1 N–H and O–H groups in total. The highest BCUT2D eigenvalue weighted by molar-refractivity contribution is 5.82. The van der Waals surface area contributed by atoms with E-state index in [1.807, 2.05) is 18.2 Å². The van der Waals surface area contributed by atoms with Crippen molar-refractivity contribution < 1.29 is 27.5 Å². The molecule has 148 valence electrons. The summed E-state index contributed by atoms with van der Waals surface area (Å²) in [5, 5.41) is 2.71. The van der Waals surface area contributed by atoms with Gasteiger partial charge in [-0.1, -0.05) is 42.5 Å². The summed E-state index contributed by atoms with van der Waals surface area (Å²) in [6.07, 6.45) is -4.50. The van der Waals surface area contributed by atoms with Gasteiger partial charge in [0.2, 0.25) is 5.91 Å². The van der Waals surface area contributed by atoms with Gasteiger partial charge in [0, 0.05) is 13.1 Å². The number of amides is 2. The van der Waals surface area contributed by atoms with Crippen LogP contribution in [0.4, 0.5) is 13.2 Å². The van der Waals surface area contributed by atoms with Gasteiger partial charge in [-0.05, 0) is 17.7 Å². The van der Waals surface area contributed by atoms with E-state index in [1.165, 1.54) is 23.1 Å². The number of carbonyl (C=O) groups is 2. The summed E-state index contributed by atoms with van der Waals surface area (Å²) in [5.41, 5.74) is -0.154. The molecule has 0 aliphatic carbocycles.